The number of aliphatic carboxylic acids is 1. The molecule has 0 aliphatic carbocycles. The number of ketones is 1. The number of rotatable bonds is 4. The van der Waals surface area contributed by atoms with Gasteiger partial charge in [0.05, 0.1) is 6.54 Å². The Hall–Kier alpha value is -1.17. The minimum atomic E-state index is -0.953. The van der Waals surface area contributed by atoms with Crippen molar-refractivity contribution in [1.29, 1.82) is 0 Å². The second-order valence-corrected chi connectivity index (χ2v) is 3.46. The van der Waals surface area contributed by atoms with Gasteiger partial charge >= 0.3 is 5.97 Å². The van der Waals surface area contributed by atoms with Gasteiger partial charge < -0.3 is 14.9 Å². The number of hydrogen-bond donors (Lipinski definition) is 1. The molecule has 0 rings (SSSR count). The highest BCUT2D eigenvalue weighted by Crippen LogP contribution is 1.94. The molecule has 0 aliphatic rings. The van der Waals surface area contributed by atoms with Gasteiger partial charge in [-0.05, 0) is 19.1 Å². The van der Waals surface area contributed by atoms with Gasteiger partial charge in [0.1, 0.15) is 12.3 Å². The van der Waals surface area contributed by atoms with Crippen LogP contribution in [-0.2, 0) is 9.59 Å². The molecular formula is C8H14N2O3S. The van der Waals surface area contributed by atoms with E-state index in [0.29, 0.717) is 5.11 Å². The third-order valence-electron chi connectivity index (χ3n) is 1.49. The fourth-order valence-corrected chi connectivity index (χ4v) is 1.09. The normalized spacial score (nSPS) is 9.36. The van der Waals surface area contributed by atoms with E-state index in [1.54, 1.807) is 19.0 Å². The van der Waals surface area contributed by atoms with Gasteiger partial charge in [0.2, 0.25) is 0 Å². The van der Waals surface area contributed by atoms with Crippen LogP contribution in [0.2, 0.25) is 0 Å². The van der Waals surface area contributed by atoms with Gasteiger partial charge in [-0.2, -0.15) is 0 Å². The number of carboxylic acids is 1. The van der Waals surface area contributed by atoms with Gasteiger partial charge in [0.25, 0.3) is 0 Å². The molecule has 6 heteroatoms. The molecule has 1 N–H and O–H groups in total. The quantitative estimate of drug-likeness (QED) is 0.660. The number of nitrogens with zero attached hydrogens (tertiary/aromatic N) is 2. The first-order valence-electron chi connectivity index (χ1n) is 4.02. The Morgan fingerprint density at radius 1 is 1.21 bits per heavy atom. The zero-order valence-electron chi connectivity index (χ0n) is 8.48. The Balaban J connectivity index is 4.16. The standard InChI is InChI=1S/C8H14N2O3S/c1-6(11)4-9(2)8(14)10(3)5-7(12)13/h4-5H2,1-3H3,(H,12,13). The van der Waals surface area contributed by atoms with Gasteiger partial charge in [0.15, 0.2) is 5.11 Å². The second-order valence-electron chi connectivity index (χ2n) is 3.09. The van der Waals surface area contributed by atoms with Crippen LogP contribution in [-0.4, -0.2) is 59.0 Å². The molecule has 0 unspecified atom stereocenters. The van der Waals surface area contributed by atoms with E-state index < -0.39 is 5.97 Å². The highest BCUT2D eigenvalue weighted by Gasteiger charge is 2.13. The van der Waals surface area contributed by atoms with E-state index in [4.69, 9.17) is 17.3 Å². The van der Waals surface area contributed by atoms with E-state index in [1.807, 2.05) is 0 Å². The van der Waals surface area contributed by atoms with Crippen molar-refractivity contribution in [3.05, 3.63) is 0 Å². The van der Waals surface area contributed by atoms with Crippen molar-refractivity contribution in [2.75, 3.05) is 27.2 Å². The van der Waals surface area contributed by atoms with Crippen LogP contribution in [0.4, 0.5) is 0 Å². The highest BCUT2D eigenvalue weighted by atomic mass is 32.1. The predicted octanol–water partition coefficient (Wildman–Crippen LogP) is -0.191. The van der Waals surface area contributed by atoms with Crippen molar-refractivity contribution in [2.45, 2.75) is 6.92 Å². The summed E-state index contributed by atoms with van der Waals surface area (Å²) in [5.74, 6) is -0.968. The number of thiocarbonyl (C=S) groups is 1. The van der Waals surface area contributed by atoms with Crippen molar-refractivity contribution >= 4 is 29.1 Å². The molecule has 0 saturated carbocycles. The first-order valence-corrected chi connectivity index (χ1v) is 4.43. The zero-order valence-corrected chi connectivity index (χ0v) is 9.30. The lowest BCUT2D eigenvalue weighted by Gasteiger charge is -2.25. The summed E-state index contributed by atoms with van der Waals surface area (Å²) in [4.78, 5) is 24.1. The largest absolute Gasteiger partial charge is 0.480 e. The highest BCUT2D eigenvalue weighted by molar-refractivity contribution is 7.80. The molecule has 5 nitrogen and oxygen atoms in total. The fourth-order valence-electron chi connectivity index (χ4n) is 0.964. The smallest absolute Gasteiger partial charge is 0.323 e. The number of likely N-dealkylation sites (N-methyl/N-ethyl adjacent to an activating group) is 2. The molecule has 0 radical (unpaired) electrons. The molecule has 0 heterocycles. The number of carbonyl (C=O) groups excluding carboxylic acids is 1. The molecular weight excluding hydrogens is 204 g/mol. The monoisotopic (exact) mass is 218 g/mol. The molecule has 0 aromatic rings. The summed E-state index contributed by atoms with van der Waals surface area (Å²) in [6.07, 6.45) is 0. The maximum Gasteiger partial charge on any atom is 0.323 e. The molecule has 0 fully saturated rings. The molecule has 0 spiro atoms. The minimum absolute atomic E-state index is 0.0152. The molecule has 14 heavy (non-hydrogen) atoms. The Labute approximate surface area is 88.3 Å². The Kier molecular flexibility index (Phi) is 5.07. The van der Waals surface area contributed by atoms with E-state index in [9.17, 15) is 9.59 Å². The van der Waals surface area contributed by atoms with Crippen LogP contribution >= 0.6 is 12.2 Å². The lowest BCUT2D eigenvalue weighted by Crippen LogP contribution is -2.42. The molecule has 0 atom stereocenters. The van der Waals surface area contributed by atoms with Gasteiger partial charge in [-0.25, -0.2) is 0 Å². The first-order chi connectivity index (χ1) is 6.34. The molecule has 0 amide bonds. The van der Waals surface area contributed by atoms with Crippen molar-refractivity contribution in [1.82, 2.24) is 9.80 Å². The van der Waals surface area contributed by atoms with Crippen LogP contribution < -0.4 is 0 Å². The van der Waals surface area contributed by atoms with Crippen molar-refractivity contribution in [3.8, 4) is 0 Å². The molecule has 0 bridgehead atoms. The van der Waals surface area contributed by atoms with E-state index >= 15 is 0 Å². The number of carboxylic acid groups (broad SMARTS) is 1. The average molecular weight is 218 g/mol. The molecule has 0 aromatic heterocycles. The summed E-state index contributed by atoms with van der Waals surface area (Å²) in [6.45, 7) is 1.49. The Morgan fingerprint density at radius 3 is 2.00 bits per heavy atom. The summed E-state index contributed by atoms with van der Waals surface area (Å²) < 4.78 is 0. The summed E-state index contributed by atoms with van der Waals surface area (Å²) in [6, 6.07) is 0. The minimum Gasteiger partial charge on any atom is -0.480 e. The van der Waals surface area contributed by atoms with E-state index in [0.717, 1.165) is 0 Å². The predicted molar refractivity (Wildman–Crippen MR) is 56.2 cm³/mol. The fraction of sp³-hybridized carbons (Fsp3) is 0.625. The summed E-state index contributed by atoms with van der Waals surface area (Å²) in [5, 5.41) is 8.86. The Bertz CT molecular complexity index is 231. The van der Waals surface area contributed by atoms with Crippen LogP contribution in [0.15, 0.2) is 0 Å². The van der Waals surface area contributed by atoms with Crippen molar-refractivity contribution < 1.29 is 14.7 Å². The van der Waals surface area contributed by atoms with Crippen LogP contribution in [0.3, 0.4) is 0 Å². The van der Waals surface area contributed by atoms with Gasteiger partial charge in [-0.1, -0.05) is 0 Å². The summed E-state index contributed by atoms with van der Waals surface area (Å²) >= 11 is 4.97. The molecule has 0 aromatic carbocycles. The van der Waals surface area contributed by atoms with Gasteiger partial charge in [0, 0.05) is 14.1 Å². The Morgan fingerprint density at radius 2 is 1.64 bits per heavy atom. The summed E-state index contributed by atoms with van der Waals surface area (Å²) in [5.41, 5.74) is 0. The number of Topliss-reactive ketones (excluding diaryl/α,β-unsaturated/α-hetero) is 1. The molecule has 0 aliphatic heterocycles. The van der Waals surface area contributed by atoms with Crippen LogP contribution in [0.25, 0.3) is 0 Å². The summed E-state index contributed by atoms with van der Waals surface area (Å²) in [7, 11) is 3.23. The maximum atomic E-state index is 10.8. The van der Waals surface area contributed by atoms with E-state index in [1.165, 1.54) is 11.8 Å². The van der Waals surface area contributed by atoms with Gasteiger partial charge in [-0.3, -0.25) is 9.59 Å². The third kappa shape index (κ3) is 4.76. The number of hydrogen-bond acceptors (Lipinski definition) is 3. The first kappa shape index (κ1) is 12.8. The second kappa shape index (κ2) is 5.54. The van der Waals surface area contributed by atoms with Crippen LogP contribution in [0.5, 0.6) is 0 Å². The SMILES string of the molecule is CC(=O)CN(C)C(=S)N(C)CC(=O)O. The topological polar surface area (TPSA) is 60.9 Å². The van der Waals surface area contributed by atoms with E-state index in [-0.39, 0.29) is 18.9 Å². The maximum absolute atomic E-state index is 10.8. The average Bonchev–Trinajstić information content (AvgIpc) is 2.00. The van der Waals surface area contributed by atoms with Crippen LogP contribution in [0.1, 0.15) is 6.92 Å². The lowest BCUT2D eigenvalue weighted by molar-refractivity contribution is -0.137. The van der Waals surface area contributed by atoms with Crippen LogP contribution in [0, 0.1) is 0 Å². The van der Waals surface area contributed by atoms with E-state index in [2.05, 4.69) is 0 Å². The lowest BCUT2D eigenvalue weighted by atomic mass is 10.4. The van der Waals surface area contributed by atoms with Crippen molar-refractivity contribution in [3.63, 3.8) is 0 Å². The number of carbonyl (C=O) groups is 2. The van der Waals surface area contributed by atoms with Crippen molar-refractivity contribution in [2.24, 2.45) is 0 Å². The van der Waals surface area contributed by atoms with Gasteiger partial charge in [-0.15, -0.1) is 0 Å². The zero-order chi connectivity index (χ0) is 11.3. The third-order valence-corrected chi connectivity index (χ3v) is 2.11. The molecule has 0 saturated heterocycles. The molecule has 80 valence electrons.